The molecule has 2 heterocycles. The van der Waals surface area contributed by atoms with E-state index in [-0.39, 0.29) is 11.9 Å². The molecule has 0 saturated heterocycles. The Morgan fingerprint density at radius 2 is 2.37 bits per heavy atom. The summed E-state index contributed by atoms with van der Waals surface area (Å²) in [5.74, 6) is 0.600. The minimum Gasteiger partial charge on any atom is -0.373 e. The van der Waals surface area contributed by atoms with E-state index in [1.54, 1.807) is 0 Å². The number of para-hydroxylation sites is 1. The highest BCUT2D eigenvalue weighted by Crippen LogP contribution is 2.24. The Kier molecular flexibility index (Phi) is 3.14. The highest BCUT2D eigenvalue weighted by atomic mass is 16.5. The molecule has 0 saturated carbocycles. The lowest BCUT2D eigenvalue weighted by Crippen LogP contribution is -2.39. The molecule has 1 aliphatic heterocycles. The predicted octanol–water partition coefficient (Wildman–Crippen LogP) is 0.765. The first-order valence-electron chi connectivity index (χ1n) is 6.20. The van der Waals surface area contributed by atoms with E-state index in [2.05, 4.69) is 25.3 Å². The molecule has 0 fully saturated rings. The Balaban J connectivity index is 1.50. The lowest BCUT2D eigenvalue weighted by Gasteiger charge is -2.11. The van der Waals surface area contributed by atoms with Crippen molar-refractivity contribution in [3.63, 3.8) is 0 Å². The number of amides is 1. The fraction of sp³-hybridized carbons (Fsp3) is 0.308. The summed E-state index contributed by atoms with van der Waals surface area (Å²) in [4.78, 5) is 15.9. The van der Waals surface area contributed by atoms with Crippen molar-refractivity contribution in [2.75, 3.05) is 11.9 Å². The van der Waals surface area contributed by atoms with Crippen molar-refractivity contribution < 1.29 is 9.32 Å². The molecule has 1 aliphatic rings. The van der Waals surface area contributed by atoms with Crippen LogP contribution in [0.4, 0.5) is 5.69 Å². The number of hydrogen-bond acceptors (Lipinski definition) is 5. The number of anilines is 1. The first-order chi connectivity index (χ1) is 9.33. The maximum Gasteiger partial charge on any atom is 0.242 e. The van der Waals surface area contributed by atoms with Gasteiger partial charge in [0, 0.05) is 25.1 Å². The quantitative estimate of drug-likeness (QED) is 0.846. The average molecular weight is 258 g/mol. The summed E-state index contributed by atoms with van der Waals surface area (Å²) < 4.78 is 4.63. The Labute approximate surface area is 110 Å². The number of carbonyl (C=O) groups is 1. The third-order valence-electron chi connectivity index (χ3n) is 3.14. The van der Waals surface area contributed by atoms with Crippen LogP contribution in [0, 0.1) is 0 Å². The average Bonchev–Trinajstić information content (AvgIpc) is 3.07. The number of benzene rings is 1. The number of nitrogens with one attached hydrogen (secondary N) is 2. The van der Waals surface area contributed by atoms with E-state index in [0.717, 1.165) is 12.1 Å². The van der Waals surface area contributed by atoms with E-state index in [0.29, 0.717) is 18.8 Å². The van der Waals surface area contributed by atoms with Crippen LogP contribution in [0.5, 0.6) is 0 Å². The van der Waals surface area contributed by atoms with E-state index in [1.165, 1.54) is 12.0 Å². The van der Waals surface area contributed by atoms with Gasteiger partial charge in [-0.25, -0.2) is 0 Å². The van der Waals surface area contributed by atoms with Crippen LogP contribution in [0.3, 0.4) is 0 Å². The van der Waals surface area contributed by atoms with Gasteiger partial charge in [-0.05, 0) is 11.6 Å². The van der Waals surface area contributed by atoms with Gasteiger partial charge in [-0.15, -0.1) is 0 Å². The Morgan fingerprint density at radius 1 is 1.47 bits per heavy atom. The molecular weight excluding hydrogens is 244 g/mol. The number of nitrogens with zero attached hydrogens (tertiary/aromatic N) is 2. The second kappa shape index (κ2) is 5.09. The SMILES string of the molecule is O=C(NCCc1ncon1)C1Cc2ccccc2N1. The number of aromatic nitrogens is 2. The highest BCUT2D eigenvalue weighted by molar-refractivity contribution is 5.87. The Morgan fingerprint density at radius 3 is 3.16 bits per heavy atom. The van der Waals surface area contributed by atoms with Crippen molar-refractivity contribution in [3.05, 3.63) is 42.0 Å². The Hall–Kier alpha value is -2.37. The van der Waals surface area contributed by atoms with Crippen LogP contribution in [-0.4, -0.2) is 28.6 Å². The normalized spacial score (nSPS) is 16.7. The zero-order chi connectivity index (χ0) is 13.1. The predicted molar refractivity (Wildman–Crippen MR) is 68.6 cm³/mol. The van der Waals surface area contributed by atoms with Gasteiger partial charge in [-0.2, -0.15) is 4.98 Å². The molecule has 6 heteroatoms. The maximum atomic E-state index is 12.0. The molecular formula is C13H14N4O2. The van der Waals surface area contributed by atoms with Crippen molar-refractivity contribution in [2.45, 2.75) is 18.9 Å². The molecule has 0 aliphatic carbocycles. The van der Waals surface area contributed by atoms with E-state index < -0.39 is 0 Å². The van der Waals surface area contributed by atoms with Crippen molar-refractivity contribution in [2.24, 2.45) is 0 Å². The summed E-state index contributed by atoms with van der Waals surface area (Å²) in [6.45, 7) is 0.507. The number of fused-ring (bicyclic) bond motifs is 1. The Bertz CT molecular complexity index is 543. The third-order valence-corrected chi connectivity index (χ3v) is 3.14. The van der Waals surface area contributed by atoms with Crippen molar-refractivity contribution in [1.82, 2.24) is 15.5 Å². The summed E-state index contributed by atoms with van der Waals surface area (Å²) in [5.41, 5.74) is 2.22. The zero-order valence-corrected chi connectivity index (χ0v) is 10.3. The fourth-order valence-electron chi connectivity index (χ4n) is 2.18. The van der Waals surface area contributed by atoms with Gasteiger partial charge in [0.1, 0.15) is 6.04 Å². The van der Waals surface area contributed by atoms with E-state index >= 15 is 0 Å². The second-order valence-corrected chi connectivity index (χ2v) is 4.45. The molecule has 0 bridgehead atoms. The van der Waals surface area contributed by atoms with Gasteiger partial charge >= 0.3 is 0 Å². The maximum absolute atomic E-state index is 12.0. The van der Waals surface area contributed by atoms with Crippen molar-refractivity contribution >= 4 is 11.6 Å². The van der Waals surface area contributed by atoms with E-state index in [4.69, 9.17) is 0 Å². The van der Waals surface area contributed by atoms with E-state index in [9.17, 15) is 4.79 Å². The summed E-state index contributed by atoms with van der Waals surface area (Å²) in [6, 6.07) is 7.78. The summed E-state index contributed by atoms with van der Waals surface area (Å²) in [5, 5.41) is 9.78. The molecule has 1 atom stereocenters. The topological polar surface area (TPSA) is 80.1 Å². The molecule has 3 rings (SSSR count). The molecule has 1 aromatic carbocycles. The van der Waals surface area contributed by atoms with Crippen LogP contribution >= 0.6 is 0 Å². The van der Waals surface area contributed by atoms with Crippen LogP contribution in [0.15, 0.2) is 35.2 Å². The van der Waals surface area contributed by atoms with Crippen LogP contribution in [0.25, 0.3) is 0 Å². The number of carbonyl (C=O) groups excluding carboxylic acids is 1. The van der Waals surface area contributed by atoms with Crippen LogP contribution in [0.1, 0.15) is 11.4 Å². The number of rotatable bonds is 4. The monoisotopic (exact) mass is 258 g/mol. The van der Waals surface area contributed by atoms with Crippen LogP contribution in [-0.2, 0) is 17.6 Å². The molecule has 98 valence electrons. The van der Waals surface area contributed by atoms with Crippen molar-refractivity contribution in [1.29, 1.82) is 0 Å². The largest absolute Gasteiger partial charge is 0.373 e. The van der Waals surface area contributed by atoms with Gasteiger partial charge in [-0.3, -0.25) is 4.79 Å². The fourth-order valence-corrected chi connectivity index (χ4v) is 2.18. The highest BCUT2D eigenvalue weighted by Gasteiger charge is 2.25. The minimum atomic E-state index is -0.192. The minimum absolute atomic E-state index is 0.000283. The molecule has 0 spiro atoms. The number of hydrogen-bond donors (Lipinski definition) is 2. The standard InChI is InChI=1S/C13H14N4O2/c18-13(14-6-5-12-15-8-19-17-12)11-7-9-3-1-2-4-10(9)16-11/h1-4,8,11,16H,5-7H2,(H,14,18). The summed E-state index contributed by atoms with van der Waals surface area (Å²) >= 11 is 0. The first kappa shape index (κ1) is 11.7. The van der Waals surface area contributed by atoms with Gasteiger partial charge < -0.3 is 15.2 Å². The van der Waals surface area contributed by atoms with Crippen LogP contribution in [0.2, 0.25) is 0 Å². The summed E-state index contributed by atoms with van der Waals surface area (Å²) in [7, 11) is 0. The molecule has 1 unspecified atom stereocenters. The molecule has 2 N–H and O–H groups in total. The molecule has 1 aromatic heterocycles. The van der Waals surface area contributed by atoms with Gasteiger partial charge in [0.15, 0.2) is 5.82 Å². The van der Waals surface area contributed by atoms with Gasteiger partial charge in [0.05, 0.1) is 0 Å². The molecule has 2 aromatic rings. The zero-order valence-electron chi connectivity index (χ0n) is 10.3. The van der Waals surface area contributed by atoms with Gasteiger partial charge in [0.25, 0.3) is 0 Å². The van der Waals surface area contributed by atoms with Crippen LogP contribution < -0.4 is 10.6 Å². The lowest BCUT2D eigenvalue weighted by molar-refractivity contribution is -0.121. The van der Waals surface area contributed by atoms with Crippen molar-refractivity contribution in [3.8, 4) is 0 Å². The van der Waals surface area contributed by atoms with Gasteiger partial charge in [-0.1, -0.05) is 23.4 Å². The summed E-state index contributed by atoms with van der Waals surface area (Å²) in [6.07, 6.45) is 2.58. The lowest BCUT2D eigenvalue weighted by atomic mass is 10.1. The molecule has 19 heavy (non-hydrogen) atoms. The molecule has 6 nitrogen and oxygen atoms in total. The third kappa shape index (κ3) is 2.57. The second-order valence-electron chi connectivity index (χ2n) is 4.45. The molecule has 0 radical (unpaired) electrons. The molecule has 1 amide bonds. The van der Waals surface area contributed by atoms with E-state index in [1.807, 2.05) is 24.3 Å². The van der Waals surface area contributed by atoms with Gasteiger partial charge in [0.2, 0.25) is 12.3 Å². The first-order valence-corrected chi connectivity index (χ1v) is 6.20. The smallest absolute Gasteiger partial charge is 0.242 e.